The molecule has 88 valence electrons. The number of nitrogens with zero attached hydrogens (tertiary/aromatic N) is 1. The van der Waals surface area contributed by atoms with Crippen molar-refractivity contribution in [2.24, 2.45) is 4.40 Å². The van der Waals surface area contributed by atoms with Gasteiger partial charge in [-0.05, 0) is 24.8 Å². The van der Waals surface area contributed by atoms with Crippen LogP contribution < -0.4 is 0 Å². The number of halogens is 2. The van der Waals surface area contributed by atoms with Crippen molar-refractivity contribution in [3.8, 4) is 0 Å². The van der Waals surface area contributed by atoms with Gasteiger partial charge in [-0.3, -0.25) is 0 Å². The van der Waals surface area contributed by atoms with E-state index in [0.29, 0.717) is 5.75 Å². The second kappa shape index (κ2) is 7.03. The molecule has 0 amide bonds. The summed E-state index contributed by atoms with van der Waals surface area (Å²) in [6.45, 7) is 2.24. The van der Waals surface area contributed by atoms with Gasteiger partial charge in [0.15, 0.2) is 4.33 Å². The molecule has 0 fully saturated rings. The predicted octanol–water partition coefficient (Wildman–Crippen LogP) is 5.01. The molecule has 1 heterocycles. The van der Waals surface area contributed by atoms with Gasteiger partial charge in [-0.25, -0.2) is 4.40 Å². The molecular formula is C11H19Cl2NS. The lowest BCUT2D eigenvalue weighted by Gasteiger charge is -2.13. The monoisotopic (exact) mass is 267 g/mol. The lowest BCUT2D eigenvalue weighted by atomic mass is 10.1. The Morgan fingerprint density at radius 3 is 2.47 bits per heavy atom. The van der Waals surface area contributed by atoms with E-state index in [-0.39, 0.29) is 0 Å². The molecule has 1 aliphatic rings. The third-order valence-corrected chi connectivity index (χ3v) is 4.54. The highest BCUT2D eigenvalue weighted by Crippen LogP contribution is 2.36. The molecule has 0 saturated carbocycles. The first-order valence-corrected chi connectivity index (χ1v) is 7.44. The smallest absolute Gasteiger partial charge is 0.167 e. The molecule has 0 aromatic rings. The summed E-state index contributed by atoms with van der Waals surface area (Å²) in [7, 11) is 0. The van der Waals surface area contributed by atoms with E-state index in [0.717, 1.165) is 12.1 Å². The van der Waals surface area contributed by atoms with E-state index in [1.54, 1.807) is 0 Å². The number of hydrogen-bond donors (Lipinski definition) is 0. The van der Waals surface area contributed by atoms with E-state index in [1.165, 1.54) is 50.5 Å². The van der Waals surface area contributed by atoms with Crippen LogP contribution in [0.5, 0.6) is 0 Å². The first-order chi connectivity index (χ1) is 7.17. The Morgan fingerprint density at radius 1 is 1.20 bits per heavy atom. The van der Waals surface area contributed by atoms with Gasteiger partial charge in [0.05, 0.1) is 11.5 Å². The van der Waals surface area contributed by atoms with E-state index in [2.05, 4.69) is 11.3 Å². The van der Waals surface area contributed by atoms with Crippen molar-refractivity contribution < 1.29 is 0 Å². The van der Waals surface area contributed by atoms with Crippen molar-refractivity contribution in [1.82, 2.24) is 0 Å². The molecule has 0 atom stereocenters. The van der Waals surface area contributed by atoms with E-state index in [1.807, 2.05) is 0 Å². The third kappa shape index (κ3) is 4.97. The Hall–Kier alpha value is 0.600. The Labute approximate surface area is 107 Å². The van der Waals surface area contributed by atoms with Crippen LogP contribution >= 0.6 is 35.1 Å². The van der Waals surface area contributed by atoms with Crippen LogP contribution in [0.3, 0.4) is 0 Å². The summed E-state index contributed by atoms with van der Waals surface area (Å²) in [5.41, 5.74) is 0.978. The zero-order valence-corrected chi connectivity index (χ0v) is 11.6. The highest BCUT2D eigenvalue weighted by molar-refractivity contribution is 7.98. The summed E-state index contributed by atoms with van der Waals surface area (Å²) in [4.78, 5) is 0. The maximum Gasteiger partial charge on any atom is 0.167 e. The van der Waals surface area contributed by atoms with Gasteiger partial charge < -0.3 is 0 Å². The van der Waals surface area contributed by atoms with Crippen molar-refractivity contribution in [2.75, 3.05) is 5.75 Å². The van der Waals surface area contributed by atoms with Crippen LogP contribution in [0, 0.1) is 0 Å². The highest BCUT2D eigenvalue weighted by atomic mass is 35.5. The second-order valence-electron chi connectivity index (χ2n) is 4.03. The van der Waals surface area contributed by atoms with Gasteiger partial charge in [-0.15, -0.1) is 0 Å². The third-order valence-electron chi connectivity index (χ3n) is 2.61. The molecule has 0 aromatic carbocycles. The predicted molar refractivity (Wildman–Crippen MR) is 72.3 cm³/mol. The van der Waals surface area contributed by atoms with Crippen molar-refractivity contribution >= 4 is 40.9 Å². The Bertz CT molecular complexity index is 217. The second-order valence-corrected chi connectivity index (χ2v) is 6.25. The fourth-order valence-electron chi connectivity index (χ4n) is 1.64. The normalized spacial score (nSPS) is 19.3. The number of alkyl halides is 2. The molecule has 1 nitrogen and oxygen atoms in total. The molecule has 0 bridgehead atoms. The summed E-state index contributed by atoms with van der Waals surface area (Å²) in [6, 6.07) is 0. The van der Waals surface area contributed by atoms with E-state index >= 15 is 0 Å². The number of hydrogen-bond acceptors (Lipinski definition) is 2. The molecule has 1 aliphatic heterocycles. The summed E-state index contributed by atoms with van der Waals surface area (Å²) in [6.07, 6.45) is 8.74. The van der Waals surface area contributed by atoms with Crippen LogP contribution in [0.2, 0.25) is 0 Å². The van der Waals surface area contributed by atoms with Gasteiger partial charge in [0, 0.05) is 0 Å². The minimum atomic E-state index is -0.686. The molecule has 0 radical (unpaired) electrons. The van der Waals surface area contributed by atoms with Gasteiger partial charge in [0.2, 0.25) is 0 Å². The number of rotatable bonds is 7. The van der Waals surface area contributed by atoms with Crippen LogP contribution in [-0.4, -0.2) is 15.8 Å². The average Bonchev–Trinajstić information content (AvgIpc) is 2.52. The summed E-state index contributed by atoms with van der Waals surface area (Å²) < 4.78 is 3.61. The maximum absolute atomic E-state index is 6.11. The maximum atomic E-state index is 6.11. The molecule has 15 heavy (non-hydrogen) atoms. The molecule has 0 saturated heterocycles. The average molecular weight is 268 g/mol. The zero-order chi connectivity index (χ0) is 11.1. The van der Waals surface area contributed by atoms with E-state index in [4.69, 9.17) is 23.2 Å². The van der Waals surface area contributed by atoms with Gasteiger partial charge in [0.1, 0.15) is 0 Å². The molecular weight excluding hydrogens is 249 g/mol. The van der Waals surface area contributed by atoms with Gasteiger partial charge >= 0.3 is 0 Å². The van der Waals surface area contributed by atoms with Gasteiger partial charge in [-0.2, -0.15) is 0 Å². The van der Waals surface area contributed by atoms with Crippen LogP contribution in [-0.2, 0) is 0 Å². The lowest BCUT2D eigenvalue weighted by Crippen LogP contribution is -2.24. The zero-order valence-electron chi connectivity index (χ0n) is 9.27. The molecule has 0 unspecified atom stereocenters. The molecule has 1 rings (SSSR count). The van der Waals surface area contributed by atoms with Crippen molar-refractivity contribution in [3.63, 3.8) is 0 Å². The molecule has 0 aliphatic carbocycles. The summed E-state index contributed by atoms with van der Waals surface area (Å²) in [5.74, 6) is 0.710. The van der Waals surface area contributed by atoms with Gasteiger partial charge in [0.25, 0.3) is 0 Å². The minimum absolute atomic E-state index is 0.686. The van der Waals surface area contributed by atoms with E-state index < -0.39 is 4.33 Å². The minimum Gasteiger partial charge on any atom is -0.222 e. The lowest BCUT2D eigenvalue weighted by molar-refractivity contribution is 0.614. The summed E-state index contributed by atoms with van der Waals surface area (Å²) in [5, 5.41) is 0. The fraction of sp³-hybridized carbons (Fsp3) is 0.909. The Kier molecular flexibility index (Phi) is 6.40. The molecule has 0 spiro atoms. The standard InChI is InChI=1S/C11H19Cl2NS/c1-2-3-4-5-6-7-8-10-11(12,13)9-15-14-10/h2-9H2,1H3. The van der Waals surface area contributed by atoms with Crippen LogP contribution in [0.15, 0.2) is 4.40 Å². The van der Waals surface area contributed by atoms with Crippen molar-refractivity contribution in [1.29, 1.82) is 0 Å². The van der Waals surface area contributed by atoms with Crippen LogP contribution in [0.25, 0.3) is 0 Å². The largest absolute Gasteiger partial charge is 0.222 e. The number of unbranched alkanes of at least 4 members (excludes halogenated alkanes) is 5. The SMILES string of the molecule is CCCCCCCCC1=NSCC1(Cl)Cl. The van der Waals surface area contributed by atoms with Crippen LogP contribution in [0.4, 0.5) is 0 Å². The first-order valence-electron chi connectivity index (χ1n) is 5.74. The van der Waals surface area contributed by atoms with Gasteiger partial charge in [-0.1, -0.05) is 62.2 Å². The Morgan fingerprint density at radius 2 is 1.87 bits per heavy atom. The molecule has 0 N–H and O–H groups in total. The topological polar surface area (TPSA) is 12.4 Å². The fourth-order valence-corrected chi connectivity index (χ4v) is 3.11. The first kappa shape index (κ1) is 13.7. The molecule has 4 heteroatoms. The summed E-state index contributed by atoms with van der Waals surface area (Å²) >= 11 is 13.7. The highest BCUT2D eigenvalue weighted by Gasteiger charge is 2.34. The van der Waals surface area contributed by atoms with E-state index in [9.17, 15) is 0 Å². The van der Waals surface area contributed by atoms with Crippen molar-refractivity contribution in [3.05, 3.63) is 0 Å². The Balaban J connectivity index is 2.05. The quantitative estimate of drug-likeness (QED) is 0.359. The molecule has 0 aromatic heterocycles. The van der Waals surface area contributed by atoms with Crippen molar-refractivity contribution in [2.45, 2.75) is 56.2 Å². The van der Waals surface area contributed by atoms with Crippen LogP contribution in [0.1, 0.15) is 51.9 Å².